The van der Waals surface area contributed by atoms with E-state index in [1.165, 1.54) is 19.3 Å². The molecule has 2 N–H and O–H groups in total. The predicted octanol–water partition coefficient (Wildman–Crippen LogP) is 1.25. The first-order valence-electron chi connectivity index (χ1n) is 4.66. The van der Waals surface area contributed by atoms with Crippen LogP contribution in [0.25, 0.3) is 0 Å². The third-order valence-corrected chi connectivity index (χ3v) is 2.08. The van der Waals surface area contributed by atoms with E-state index in [1.807, 2.05) is 12.3 Å². The Morgan fingerprint density at radius 3 is 2.69 bits per heavy atom. The molecular weight excluding hydrogens is 168 g/mol. The number of nitrogens with zero attached hydrogens (tertiary/aromatic N) is 1. The maximum absolute atomic E-state index is 10.1. The van der Waals surface area contributed by atoms with E-state index in [-0.39, 0.29) is 0 Å². The SMILES string of the molecule is O=C(O)NCC=CN1CCCCC1. The van der Waals surface area contributed by atoms with Crippen LogP contribution in [-0.4, -0.2) is 35.7 Å². The Hall–Kier alpha value is -1.19. The summed E-state index contributed by atoms with van der Waals surface area (Å²) < 4.78 is 0. The van der Waals surface area contributed by atoms with Gasteiger partial charge in [-0.25, -0.2) is 4.79 Å². The van der Waals surface area contributed by atoms with Gasteiger partial charge in [0, 0.05) is 19.6 Å². The van der Waals surface area contributed by atoms with E-state index in [1.54, 1.807) is 0 Å². The van der Waals surface area contributed by atoms with E-state index in [2.05, 4.69) is 10.2 Å². The molecule has 0 spiro atoms. The Kier molecular flexibility index (Phi) is 4.15. The molecule has 0 aromatic carbocycles. The van der Waals surface area contributed by atoms with Crippen LogP contribution in [0.3, 0.4) is 0 Å². The number of likely N-dealkylation sites (tertiary alicyclic amines) is 1. The second-order valence-electron chi connectivity index (χ2n) is 3.17. The number of carboxylic acid groups (broad SMARTS) is 1. The summed E-state index contributed by atoms with van der Waals surface area (Å²) in [6.07, 6.45) is 6.67. The summed E-state index contributed by atoms with van der Waals surface area (Å²) in [5, 5.41) is 10.6. The minimum atomic E-state index is -0.969. The van der Waals surface area contributed by atoms with Gasteiger partial charge in [-0.1, -0.05) is 0 Å². The quantitative estimate of drug-likeness (QED) is 0.694. The molecule has 0 unspecified atom stereocenters. The van der Waals surface area contributed by atoms with Crippen molar-refractivity contribution in [3.8, 4) is 0 Å². The minimum absolute atomic E-state index is 0.395. The summed E-state index contributed by atoms with van der Waals surface area (Å²) in [6, 6.07) is 0. The third-order valence-electron chi connectivity index (χ3n) is 2.08. The highest BCUT2D eigenvalue weighted by Gasteiger charge is 2.04. The van der Waals surface area contributed by atoms with E-state index in [0.29, 0.717) is 6.54 Å². The maximum atomic E-state index is 10.1. The molecule has 0 aromatic heterocycles. The maximum Gasteiger partial charge on any atom is 0.404 e. The molecular formula is C9H16N2O2. The molecule has 1 heterocycles. The molecule has 0 radical (unpaired) electrons. The molecule has 0 saturated carbocycles. The Morgan fingerprint density at radius 2 is 2.08 bits per heavy atom. The van der Waals surface area contributed by atoms with E-state index >= 15 is 0 Å². The zero-order valence-electron chi connectivity index (χ0n) is 7.70. The van der Waals surface area contributed by atoms with Gasteiger partial charge in [0.25, 0.3) is 0 Å². The fourth-order valence-electron chi connectivity index (χ4n) is 1.42. The van der Waals surface area contributed by atoms with Crippen molar-refractivity contribution in [2.45, 2.75) is 19.3 Å². The lowest BCUT2D eigenvalue weighted by Crippen LogP contribution is -2.25. The first kappa shape index (κ1) is 9.89. The lowest BCUT2D eigenvalue weighted by atomic mass is 10.1. The van der Waals surface area contributed by atoms with Crippen LogP contribution < -0.4 is 5.32 Å². The normalized spacial score (nSPS) is 17.7. The molecule has 4 heteroatoms. The molecule has 13 heavy (non-hydrogen) atoms. The summed E-state index contributed by atoms with van der Waals surface area (Å²) in [6.45, 7) is 2.60. The molecule has 1 aliphatic rings. The number of amides is 1. The summed E-state index contributed by atoms with van der Waals surface area (Å²) >= 11 is 0. The van der Waals surface area contributed by atoms with E-state index in [9.17, 15) is 4.79 Å². The molecule has 1 amide bonds. The average Bonchev–Trinajstić information content (AvgIpc) is 2.14. The molecule has 74 valence electrons. The second-order valence-corrected chi connectivity index (χ2v) is 3.17. The fourth-order valence-corrected chi connectivity index (χ4v) is 1.42. The van der Waals surface area contributed by atoms with Crippen LogP contribution in [0, 0.1) is 0 Å². The van der Waals surface area contributed by atoms with Crippen molar-refractivity contribution >= 4 is 6.09 Å². The zero-order valence-corrected chi connectivity index (χ0v) is 7.70. The fraction of sp³-hybridized carbons (Fsp3) is 0.667. The Morgan fingerprint density at radius 1 is 1.38 bits per heavy atom. The number of hydrogen-bond donors (Lipinski definition) is 2. The number of rotatable bonds is 3. The molecule has 4 nitrogen and oxygen atoms in total. The highest BCUT2D eigenvalue weighted by Crippen LogP contribution is 2.08. The molecule has 1 fully saturated rings. The summed E-state index contributed by atoms with van der Waals surface area (Å²) in [5.74, 6) is 0. The van der Waals surface area contributed by atoms with Crippen LogP contribution in [0.15, 0.2) is 12.3 Å². The highest BCUT2D eigenvalue weighted by atomic mass is 16.4. The molecule has 0 aliphatic carbocycles. The van der Waals surface area contributed by atoms with Crippen molar-refractivity contribution in [3.05, 3.63) is 12.3 Å². The van der Waals surface area contributed by atoms with Gasteiger partial charge < -0.3 is 15.3 Å². The number of carbonyl (C=O) groups is 1. The highest BCUT2D eigenvalue weighted by molar-refractivity contribution is 5.64. The van der Waals surface area contributed by atoms with Crippen molar-refractivity contribution in [2.75, 3.05) is 19.6 Å². The van der Waals surface area contributed by atoms with Gasteiger partial charge in [0.15, 0.2) is 0 Å². The molecule has 1 aliphatic heterocycles. The van der Waals surface area contributed by atoms with Gasteiger partial charge in [0.1, 0.15) is 0 Å². The van der Waals surface area contributed by atoms with Crippen molar-refractivity contribution < 1.29 is 9.90 Å². The van der Waals surface area contributed by atoms with Gasteiger partial charge in [0.2, 0.25) is 0 Å². The van der Waals surface area contributed by atoms with Crippen LogP contribution in [0.4, 0.5) is 4.79 Å². The first-order chi connectivity index (χ1) is 6.29. The molecule has 0 aromatic rings. The largest absolute Gasteiger partial charge is 0.465 e. The third kappa shape index (κ3) is 4.40. The van der Waals surface area contributed by atoms with E-state index < -0.39 is 6.09 Å². The van der Waals surface area contributed by atoms with Gasteiger partial charge in [-0.15, -0.1) is 0 Å². The summed E-state index contributed by atoms with van der Waals surface area (Å²) in [4.78, 5) is 12.3. The van der Waals surface area contributed by atoms with Crippen molar-refractivity contribution in [2.24, 2.45) is 0 Å². The average molecular weight is 184 g/mol. The summed E-state index contributed by atoms with van der Waals surface area (Å²) in [5.41, 5.74) is 0. The predicted molar refractivity (Wildman–Crippen MR) is 50.6 cm³/mol. The van der Waals surface area contributed by atoms with Gasteiger partial charge >= 0.3 is 6.09 Å². The molecule has 0 atom stereocenters. The van der Waals surface area contributed by atoms with E-state index in [0.717, 1.165) is 13.1 Å². The Balaban J connectivity index is 2.11. The lowest BCUT2D eigenvalue weighted by Gasteiger charge is -2.24. The standard InChI is InChI=1S/C9H16N2O2/c12-9(13)10-5-4-8-11-6-2-1-3-7-11/h4,8,10H,1-3,5-7H2,(H,12,13). The van der Waals surface area contributed by atoms with Crippen LogP contribution in [0.5, 0.6) is 0 Å². The first-order valence-corrected chi connectivity index (χ1v) is 4.66. The van der Waals surface area contributed by atoms with Gasteiger partial charge in [-0.2, -0.15) is 0 Å². The Bertz CT molecular complexity index is 186. The number of piperidine rings is 1. The van der Waals surface area contributed by atoms with Gasteiger partial charge in [0.05, 0.1) is 0 Å². The van der Waals surface area contributed by atoms with Crippen LogP contribution in [-0.2, 0) is 0 Å². The van der Waals surface area contributed by atoms with Crippen molar-refractivity contribution in [1.82, 2.24) is 10.2 Å². The smallest absolute Gasteiger partial charge is 0.404 e. The van der Waals surface area contributed by atoms with Crippen molar-refractivity contribution in [1.29, 1.82) is 0 Å². The molecule has 1 rings (SSSR count). The molecule has 0 bridgehead atoms. The van der Waals surface area contributed by atoms with Gasteiger partial charge in [-0.3, -0.25) is 0 Å². The van der Waals surface area contributed by atoms with Crippen LogP contribution in [0.1, 0.15) is 19.3 Å². The minimum Gasteiger partial charge on any atom is -0.465 e. The van der Waals surface area contributed by atoms with Crippen molar-refractivity contribution in [3.63, 3.8) is 0 Å². The molecule has 1 saturated heterocycles. The lowest BCUT2D eigenvalue weighted by molar-refractivity contribution is 0.195. The van der Waals surface area contributed by atoms with Gasteiger partial charge in [-0.05, 0) is 31.5 Å². The van der Waals surface area contributed by atoms with E-state index in [4.69, 9.17) is 5.11 Å². The monoisotopic (exact) mass is 184 g/mol. The van der Waals surface area contributed by atoms with Crippen LogP contribution >= 0.6 is 0 Å². The Labute approximate surface area is 78.2 Å². The zero-order chi connectivity index (χ0) is 9.52. The number of hydrogen-bond acceptors (Lipinski definition) is 2. The second kappa shape index (κ2) is 5.45. The topological polar surface area (TPSA) is 52.6 Å². The number of nitrogens with one attached hydrogen (secondary N) is 1. The summed E-state index contributed by atoms with van der Waals surface area (Å²) in [7, 11) is 0. The van der Waals surface area contributed by atoms with Crippen LogP contribution in [0.2, 0.25) is 0 Å².